The van der Waals surface area contributed by atoms with Gasteiger partial charge in [-0.3, -0.25) is 15.5 Å². The lowest BCUT2D eigenvalue weighted by Gasteiger charge is -2.06. The third-order valence-electron chi connectivity index (χ3n) is 2.23. The van der Waals surface area contributed by atoms with Crippen LogP contribution in [0, 0.1) is 11.3 Å². The van der Waals surface area contributed by atoms with Crippen molar-refractivity contribution < 1.29 is 14.3 Å². The third kappa shape index (κ3) is 11.8. The van der Waals surface area contributed by atoms with Crippen LogP contribution in [0.5, 0.6) is 0 Å². The first kappa shape index (κ1) is 24.6. The van der Waals surface area contributed by atoms with E-state index in [1.807, 2.05) is 13.8 Å². The molecule has 0 unspecified atom stereocenters. The summed E-state index contributed by atoms with van der Waals surface area (Å²) < 4.78 is 4.44. The summed E-state index contributed by atoms with van der Waals surface area (Å²) in [5, 5.41) is 9.86. The highest BCUT2D eigenvalue weighted by Crippen LogP contribution is 2.24. The molecule has 0 saturated carbocycles. The number of guanidine groups is 1. The van der Waals surface area contributed by atoms with Gasteiger partial charge >= 0.3 is 6.09 Å². The SMILES string of the molecule is CC(C)COC(N)=O.Cl.N=C(N)NC(=O)Cc1c(Cl)cccc1Cl. The lowest BCUT2D eigenvalue weighted by molar-refractivity contribution is -0.119. The summed E-state index contributed by atoms with van der Waals surface area (Å²) in [5.41, 5.74) is 10.2. The van der Waals surface area contributed by atoms with E-state index >= 15 is 0 Å². The molecule has 1 aromatic rings. The van der Waals surface area contributed by atoms with Crippen LogP contribution in [0.15, 0.2) is 18.2 Å². The Morgan fingerprint density at radius 2 is 1.75 bits per heavy atom. The smallest absolute Gasteiger partial charge is 0.404 e. The predicted octanol–water partition coefficient (Wildman–Crippen LogP) is 2.71. The molecule has 0 aliphatic rings. The Labute approximate surface area is 156 Å². The zero-order valence-corrected chi connectivity index (χ0v) is 15.6. The van der Waals surface area contributed by atoms with Gasteiger partial charge in [0.15, 0.2) is 5.96 Å². The van der Waals surface area contributed by atoms with Gasteiger partial charge in [0.1, 0.15) is 0 Å². The van der Waals surface area contributed by atoms with Crippen molar-refractivity contribution in [3.05, 3.63) is 33.8 Å². The van der Waals surface area contributed by atoms with Gasteiger partial charge in [-0.1, -0.05) is 43.1 Å². The van der Waals surface area contributed by atoms with Crippen LogP contribution in [0.3, 0.4) is 0 Å². The van der Waals surface area contributed by atoms with Gasteiger partial charge < -0.3 is 16.2 Å². The highest BCUT2D eigenvalue weighted by Gasteiger charge is 2.10. The zero-order valence-electron chi connectivity index (χ0n) is 13.3. The molecule has 24 heavy (non-hydrogen) atoms. The molecule has 1 aromatic carbocycles. The number of hydrogen-bond acceptors (Lipinski definition) is 4. The molecule has 0 radical (unpaired) electrons. The van der Waals surface area contributed by atoms with E-state index in [4.69, 9.17) is 34.3 Å². The summed E-state index contributed by atoms with van der Waals surface area (Å²) in [4.78, 5) is 21.2. The molecular weight excluding hydrogens is 379 g/mol. The van der Waals surface area contributed by atoms with Crippen LogP contribution >= 0.6 is 35.6 Å². The number of rotatable bonds is 4. The number of ether oxygens (including phenoxy) is 1. The van der Waals surface area contributed by atoms with Crippen LogP contribution in [-0.2, 0) is 16.0 Å². The molecule has 0 atom stereocenters. The van der Waals surface area contributed by atoms with Crippen LogP contribution in [-0.4, -0.2) is 24.6 Å². The fourth-order valence-electron chi connectivity index (χ4n) is 1.30. The number of primary amides is 1. The lowest BCUT2D eigenvalue weighted by Crippen LogP contribution is -2.36. The molecule has 7 nitrogen and oxygen atoms in total. The summed E-state index contributed by atoms with van der Waals surface area (Å²) in [7, 11) is 0. The monoisotopic (exact) mass is 398 g/mol. The number of nitrogens with two attached hydrogens (primary N) is 2. The molecule has 136 valence electrons. The second-order valence-corrected chi connectivity index (χ2v) is 5.68. The number of benzene rings is 1. The Kier molecular flexibility index (Phi) is 13.0. The van der Waals surface area contributed by atoms with E-state index in [-0.39, 0.29) is 18.8 Å². The molecule has 6 N–H and O–H groups in total. The van der Waals surface area contributed by atoms with E-state index in [1.165, 1.54) is 0 Å². The molecule has 0 aromatic heterocycles. The van der Waals surface area contributed by atoms with E-state index in [0.717, 1.165) is 0 Å². The Bertz CT molecular complexity index is 548. The largest absolute Gasteiger partial charge is 0.449 e. The van der Waals surface area contributed by atoms with E-state index in [9.17, 15) is 9.59 Å². The number of carbonyl (C=O) groups is 2. The summed E-state index contributed by atoms with van der Waals surface area (Å²) in [6.45, 7) is 4.31. The van der Waals surface area contributed by atoms with Crippen LogP contribution in [0.25, 0.3) is 0 Å². The van der Waals surface area contributed by atoms with Crippen LogP contribution in [0.2, 0.25) is 10.0 Å². The number of nitrogens with one attached hydrogen (secondary N) is 2. The maximum absolute atomic E-state index is 11.3. The molecule has 10 heteroatoms. The fourth-order valence-corrected chi connectivity index (χ4v) is 1.84. The normalized spacial score (nSPS) is 9.21. The highest BCUT2D eigenvalue weighted by molar-refractivity contribution is 6.36. The second-order valence-electron chi connectivity index (χ2n) is 4.86. The second kappa shape index (κ2) is 12.7. The van der Waals surface area contributed by atoms with Crippen LogP contribution in [0.1, 0.15) is 19.4 Å². The molecule has 2 amide bonds. The van der Waals surface area contributed by atoms with Crippen molar-refractivity contribution in [3.8, 4) is 0 Å². The van der Waals surface area contributed by atoms with Crippen LogP contribution < -0.4 is 16.8 Å². The Morgan fingerprint density at radius 1 is 1.25 bits per heavy atom. The van der Waals surface area contributed by atoms with Crippen molar-refractivity contribution in [1.29, 1.82) is 5.41 Å². The van der Waals surface area contributed by atoms with Gasteiger partial charge in [0.05, 0.1) is 13.0 Å². The molecule has 0 spiro atoms. The van der Waals surface area contributed by atoms with Crippen molar-refractivity contribution >= 4 is 53.6 Å². The average Bonchev–Trinajstić information content (AvgIpc) is 2.41. The average molecular weight is 400 g/mol. The van der Waals surface area contributed by atoms with Gasteiger partial charge in [-0.25, -0.2) is 4.79 Å². The minimum atomic E-state index is -0.696. The van der Waals surface area contributed by atoms with Gasteiger partial charge in [0, 0.05) is 10.0 Å². The van der Waals surface area contributed by atoms with E-state index in [0.29, 0.717) is 28.1 Å². The van der Waals surface area contributed by atoms with Gasteiger partial charge in [0.2, 0.25) is 5.91 Å². The topological polar surface area (TPSA) is 131 Å². The summed E-state index contributed by atoms with van der Waals surface area (Å²) in [6, 6.07) is 4.98. The van der Waals surface area contributed by atoms with Gasteiger partial charge in [0.25, 0.3) is 0 Å². The summed E-state index contributed by atoms with van der Waals surface area (Å²) >= 11 is 11.7. The molecule has 0 fully saturated rings. The van der Waals surface area contributed by atoms with Crippen molar-refractivity contribution in [2.75, 3.05) is 6.61 Å². The minimum Gasteiger partial charge on any atom is -0.449 e. The van der Waals surface area contributed by atoms with Crippen molar-refractivity contribution in [1.82, 2.24) is 5.32 Å². The van der Waals surface area contributed by atoms with E-state index < -0.39 is 18.0 Å². The number of hydrogen-bond donors (Lipinski definition) is 4. The lowest BCUT2D eigenvalue weighted by atomic mass is 10.1. The number of amides is 2. The van der Waals surface area contributed by atoms with E-state index in [2.05, 4.69) is 15.8 Å². The molecule has 0 saturated heterocycles. The Morgan fingerprint density at radius 3 is 2.08 bits per heavy atom. The molecular formula is C14H21Cl3N4O3. The van der Waals surface area contributed by atoms with Gasteiger partial charge in [-0.05, 0) is 23.6 Å². The van der Waals surface area contributed by atoms with Crippen molar-refractivity contribution in [3.63, 3.8) is 0 Å². The first-order valence-electron chi connectivity index (χ1n) is 6.62. The first-order valence-corrected chi connectivity index (χ1v) is 7.38. The maximum Gasteiger partial charge on any atom is 0.404 e. The Hall–Kier alpha value is -1.70. The molecule has 0 bridgehead atoms. The number of carbonyl (C=O) groups excluding carboxylic acids is 2. The molecule has 0 aliphatic heterocycles. The molecule has 0 heterocycles. The van der Waals surface area contributed by atoms with Gasteiger partial charge in [-0.2, -0.15) is 0 Å². The third-order valence-corrected chi connectivity index (χ3v) is 2.94. The standard InChI is InChI=1S/C9H9Cl2N3O.C5H11NO2.ClH/c10-6-2-1-3-7(11)5(6)4-8(15)14-9(12)13;1-4(2)3-8-5(6)7;/h1-3H,4H2,(H4,12,13,14,15);4H,3H2,1-2H3,(H2,6,7);1H. The van der Waals surface area contributed by atoms with Crippen molar-refractivity contribution in [2.24, 2.45) is 17.4 Å². The fraction of sp³-hybridized carbons (Fsp3) is 0.357. The molecule has 0 aliphatic carbocycles. The highest BCUT2D eigenvalue weighted by atomic mass is 35.5. The Balaban J connectivity index is 0. The van der Waals surface area contributed by atoms with E-state index in [1.54, 1.807) is 18.2 Å². The maximum atomic E-state index is 11.3. The summed E-state index contributed by atoms with van der Waals surface area (Å²) in [6.07, 6.45) is -0.698. The first-order chi connectivity index (χ1) is 10.6. The van der Waals surface area contributed by atoms with Gasteiger partial charge in [-0.15, -0.1) is 12.4 Å². The number of halogens is 3. The van der Waals surface area contributed by atoms with Crippen LogP contribution in [0.4, 0.5) is 4.79 Å². The predicted molar refractivity (Wildman–Crippen MR) is 97.8 cm³/mol. The minimum absolute atomic E-state index is 0. The zero-order chi connectivity index (χ0) is 18.0. The quantitative estimate of drug-likeness (QED) is 0.458. The summed E-state index contributed by atoms with van der Waals surface area (Å²) in [5.74, 6) is -0.455. The van der Waals surface area contributed by atoms with Crippen molar-refractivity contribution in [2.45, 2.75) is 20.3 Å². The molecule has 1 rings (SSSR count).